The number of aromatic nitrogens is 1. The van der Waals surface area contributed by atoms with Crippen LogP contribution in [0.3, 0.4) is 0 Å². The van der Waals surface area contributed by atoms with Crippen LogP contribution >= 0.6 is 0 Å². The van der Waals surface area contributed by atoms with Crippen molar-refractivity contribution in [1.82, 2.24) is 10.1 Å². The van der Waals surface area contributed by atoms with Gasteiger partial charge in [-0.2, -0.15) is 0 Å². The molecule has 4 rings (SSSR count). The molecule has 7 heteroatoms. The van der Waals surface area contributed by atoms with Crippen molar-refractivity contribution in [1.29, 1.82) is 0 Å². The number of rotatable bonds is 2. The van der Waals surface area contributed by atoms with Crippen LogP contribution in [0.15, 0.2) is 22.7 Å². The Balaban J connectivity index is 1.33. The lowest BCUT2D eigenvalue weighted by molar-refractivity contribution is 0.0278. The van der Waals surface area contributed by atoms with E-state index < -0.39 is 11.6 Å². The molecule has 5 nitrogen and oxygen atoms in total. The summed E-state index contributed by atoms with van der Waals surface area (Å²) in [4.78, 5) is 14.2. The zero-order chi connectivity index (χ0) is 19.2. The summed E-state index contributed by atoms with van der Waals surface area (Å²) >= 11 is 0. The number of carbonyl (C=O) groups is 1. The number of hydrogen-bond donors (Lipinski definition) is 1. The van der Waals surface area contributed by atoms with Gasteiger partial charge in [-0.15, -0.1) is 0 Å². The summed E-state index contributed by atoms with van der Waals surface area (Å²) in [7, 11) is 0. The summed E-state index contributed by atoms with van der Waals surface area (Å²) in [6.07, 6.45) is 3.46. The second kappa shape index (κ2) is 6.62. The molecule has 0 radical (unpaired) electrons. The van der Waals surface area contributed by atoms with E-state index in [4.69, 9.17) is 4.52 Å². The van der Waals surface area contributed by atoms with Crippen LogP contribution in [0.2, 0.25) is 0 Å². The number of piperidine rings is 1. The van der Waals surface area contributed by atoms with Gasteiger partial charge in [0.15, 0.2) is 11.6 Å². The summed E-state index contributed by atoms with van der Waals surface area (Å²) in [5.74, 6) is -1.03. The topological polar surface area (TPSA) is 58.4 Å². The van der Waals surface area contributed by atoms with Gasteiger partial charge >= 0.3 is 6.03 Å². The number of likely N-dealkylation sites (tertiary alicyclic amines) is 1. The van der Waals surface area contributed by atoms with E-state index in [9.17, 15) is 13.6 Å². The molecule has 1 aromatic heterocycles. The SMILES string of the molecule is Cc1noc(NC(=O)N2CCC3(CC2)CC(c2cccc(F)c2F)C3)c1C. The molecule has 0 bridgehead atoms. The van der Waals surface area contributed by atoms with E-state index in [0.717, 1.165) is 43.0 Å². The largest absolute Gasteiger partial charge is 0.338 e. The molecular formula is C20H23F2N3O2. The van der Waals surface area contributed by atoms with Gasteiger partial charge in [-0.25, -0.2) is 13.6 Å². The number of halogens is 2. The van der Waals surface area contributed by atoms with Crippen LogP contribution < -0.4 is 5.32 Å². The first kappa shape index (κ1) is 17.9. The van der Waals surface area contributed by atoms with Crippen LogP contribution in [0.1, 0.15) is 48.4 Å². The lowest BCUT2D eigenvalue weighted by Crippen LogP contribution is -2.49. The minimum atomic E-state index is -0.780. The molecule has 2 heterocycles. The average Bonchev–Trinajstić information content (AvgIpc) is 2.94. The molecule has 2 amide bonds. The fraction of sp³-hybridized carbons (Fsp3) is 0.500. The highest BCUT2D eigenvalue weighted by Gasteiger charge is 2.47. The highest BCUT2D eigenvalue weighted by molar-refractivity contribution is 5.88. The Morgan fingerprint density at radius 3 is 2.59 bits per heavy atom. The molecule has 144 valence electrons. The number of nitrogens with zero attached hydrogens (tertiary/aromatic N) is 2. The summed E-state index contributed by atoms with van der Waals surface area (Å²) in [5, 5.41) is 6.62. The first-order valence-electron chi connectivity index (χ1n) is 9.31. The van der Waals surface area contributed by atoms with Gasteiger partial charge in [0, 0.05) is 18.7 Å². The van der Waals surface area contributed by atoms with Crippen molar-refractivity contribution in [3.8, 4) is 0 Å². The Hall–Kier alpha value is -2.44. The van der Waals surface area contributed by atoms with E-state index in [1.807, 2.05) is 13.8 Å². The zero-order valence-electron chi connectivity index (χ0n) is 15.5. The van der Waals surface area contributed by atoms with Crippen LogP contribution in [-0.2, 0) is 0 Å². The minimum Gasteiger partial charge on any atom is -0.338 e. The first-order chi connectivity index (χ1) is 12.9. The predicted molar refractivity (Wildman–Crippen MR) is 96.6 cm³/mol. The van der Waals surface area contributed by atoms with Crippen molar-refractivity contribution in [3.05, 3.63) is 46.7 Å². The van der Waals surface area contributed by atoms with Crippen molar-refractivity contribution >= 4 is 11.9 Å². The predicted octanol–water partition coefficient (Wildman–Crippen LogP) is 4.76. The Morgan fingerprint density at radius 1 is 1.26 bits per heavy atom. The molecular weight excluding hydrogens is 352 g/mol. The van der Waals surface area contributed by atoms with Gasteiger partial charge < -0.3 is 9.42 Å². The number of amides is 2. The maximum Gasteiger partial charge on any atom is 0.324 e. The molecule has 0 unspecified atom stereocenters. The van der Waals surface area contributed by atoms with Crippen molar-refractivity contribution in [3.63, 3.8) is 0 Å². The molecule has 1 aliphatic carbocycles. The highest BCUT2D eigenvalue weighted by Crippen LogP contribution is 2.57. The van der Waals surface area contributed by atoms with E-state index in [2.05, 4.69) is 10.5 Å². The van der Waals surface area contributed by atoms with E-state index in [0.29, 0.717) is 24.5 Å². The van der Waals surface area contributed by atoms with Gasteiger partial charge in [0.25, 0.3) is 0 Å². The van der Waals surface area contributed by atoms with Gasteiger partial charge in [-0.1, -0.05) is 17.3 Å². The number of aryl methyl sites for hydroxylation is 1. The normalized spacial score (nSPS) is 19.2. The van der Waals surface area contributed by atoms with Gasteiger partial charge in [0.05, 0.1) is 5.69 Å². The number of anilines is 1. The molecule has 0 atom stereocenters. The Bertz CT molecular complexity index is 864. The van der Waals surface area contributed by atoms with Crippen LogP contribution in [-0.4, -0.2) is 29.2 Å². The van der Waals surface area contributed by atoms with E-state index in [1.165, 1.54) is 0 Å². The second-order valence-corrected chi connectivity index (χ2v) is 7.89. The number of hydrogen-bond acceptors (Lipinski definition) is 3. The van der Waals surface area contributed by atoms with Crippen molar-refractivity contribution in [2.75, 3.05) is 18.4 Å². The summed E-state index contributed by atoms with van der Waals surface area (Å²) in [6, 6.07) is 4.22. The third kappa shape index (κ3) is 3.19. The molecule has 1 aliphatic heterocycles. The maximum atomic E-state index is 14.0. The quantitative estimate of drug-likeness (QED) is 0.823. The van der Waals surface area contributed by atoms with Crippen LogP contribution in [0.25, 0.3) is 0 Å². The van der Waals surface area contributed by atoms with E-state index in [-0.39, 0.29) is 17.4 Å². The third-order valence-corrected chi connectivity index (χ3v) is 6.27. The molecule has 2 aliphatic rings. The fourth-order valence-electron chi connectivity index (χ4n) is 4.34. The molecule has 1 saturated heterocycles. The second-order valence-electron chi connectivity index (χ2n) is 7.89. The number of carbonyl (C=O) groups excluding carboxylic acids is 1. The Labute approximate surface area is 156 Å². The van der Waals surface area contributed by atoms with Crippen molar-refractivity contribution in [2.45, 2.75) is 45.4 Å². The lowest BCUT2D eigenvalue weighted by Gasteiger charge is -2.52. The van der Waals surface area contributed by atoms with Gasteiger partial charge in [-0.05, 0) is 62.5 Å². The zero-order valence-corrected chi connectivity index (χ0v) is 15.5. The molecule has 2 fully saturated rings. The number of benzene rings is 1. The molecule has 2 aromatic rings. The van der Waals surface area contributed by atoms with Gasteiger partial charge in [0.2, 0.25) is 5.88 Å². The summed E-state index contributed by atoms with van der Waals surface area (Å²) in [6.45, 7) is 4.98. The van der Waals surface area contributed by atoms with Crippen LogP contribution in [0.5, 0.6) is 0 Å². The Morgan fingerprint density at radius 2 is 1.96 bits per heavy atom. The molecule has 27 heavy (non-hydrogen) atoms. The highest BCUT2D eigenvalue weighted by atomic mass is 19.2. The third-order valence-electron chi connectivity index (χ3n) is 6.27. The molecule has 1 aromatic carbocycles. The fourth-order valence-corrected chi connectivity index (χ4v) is 4.34. The molecule has 1 N–H and O–H groups in total. The summed E-state index contributed by atoms with van der Waals surface area (Å²) < 4.78 is 32.6. The molecule has 1 spiro atoms. The van der Waals surface area contributed by atoms with Crippen molar-refractivity contribution in [2.24, 2.45) is 5.41 Å². The van der Waals surface area contributed by atoms with Crippen LogP contribution in [0.4, 0.5) is 19.5 Å². The first-order valence-corrected chi connectivity index (χ1v) is 9.31. The van der Waals surface area contributed by atoms with E-state index in [1.54, 1.807) is 17.0 Å². The number of nitrogens with one attached hydrogen (secondary N) is 1. The van der Waals surface area contributed by atoms with Gasteiger partial charge in [0.1, 0.15) is 0 Å². The smallest absolute Gasteiger partial charge is 0.324 e. The Kier molecular flexibility index (Phi) is 4.40. The van der Waals surface area contributed by atoms with Gasteiger partial charge in [-0.3, -0.25) is 5.32 Å². The summed E-state index contributed by atoms with van der Waals surface area (Å²) in [5.41, 5.74) is 2.21. The average molecular weight is 375 g/mol. The monoisotopic (exact) mass is 375 g/mol. The van der Waals surface area contributed by atoms with Crippen molar-refractivity contribution < 1.29 is 18.1 Å². The lowest BCUT2D eigenvalue weighted by atomic mass is 9.56. The maximum absolute atomic E-state index is 14.0. The van der Waals surface area contributed by atoms with Crippen LogP contribution in [0, 0.1) is 30.9 Å². The minimum absolute atomic E-state index is 0.0703. The standard InChI is InChI=1S/C20H23F2N3O2/c1-12-13(2)24-27-18(12)23-19(26)25-8-6-20(7-9-25)10-14(11-20)15-4-3-5-16(21)17(15)22/h3-5,14H,6-11H2,1-2H3,(H,23,26). The van der Waals surface area contributed by atoms with E-state index >= 15 is 0 Å². The molecule has 1 saturated carbocycles. The number of urea groups is 1.